The number of hydrogen-bond acceptors (Lipinski definition) is 7. The third-order valence-corrected chi connectivity index (χ3v) is 3.95. The minimum Gasteiger partial charge on any atom is -0.466 e. The number of amides is 1. The zero-order chi connectivity index (χ0) is 23.0. The first-order valence-corrected chi connectivity index (χ1v) is 9.54. The molecular formula is C23H25NO7. The van der Waals surface area contributed by atoms with Crippen molar-refractivity contribution < 1.29 is 33.4 Å². The van der Waals surface area contributed by atoms with Crippen LogP contribution >= 0.6 is 0 Å². The molecule has 0 fully saturated rings. The summed E-state index contributed by atoms with van der Waals surface area (Å²) in [4.78, 5) is 50.5. The van der Waals surface area contributed by atoms with Crippen molar-refractivity contribution in [1.82, 2.24) is 5.32 Å². The number of methoxy groups -OCH3 is 1. The van der Waals surface area contributed by atoms with Crippen LogP contribution in [0, 0.1) is 0 Å². The molecule has 0 bridgehead atoms. The molecular weight excluding hydrogens is 402 g/mol. The van der Waals surface area contributed by atoms with Crippen LogP contribution in [0.25, 0.3) is 0 Å². The molecule has 8 heteroatoms. The van der Waals surface area contributed by atoms with Gasteiger partial charge in [-0.25, -0.2) is 14.4 Å². The first-order valence-electron chi connectivity index (χ1n) is 9.54. The van der Waals surface area contributed by atoms with E-state index in [4.69, 9.17) is 14.2 Å². The second-order valence-corrected chi connectivity index (χ2v) is 7.65. The molecule has 0 heterocycles. The lowest BCUT2D eigenvalue weighted by molar-refractivity contribution is -0.162. The van der Waals surface area contributed by atoms with Crippen LogP contribution in [0.4, 0.5) is 0 Å². The third kappa shape index (κ3) is 6.95. The van der Waals surface area contributed by atoms with E-state index in [1.165, 1.54) is 24.3 Å². The van der Waals surface area contributed by atoms with Crippen molar-refractivity contribution in [1.29, 1.82) is 0 Å². The van der Waals surface area contributed by atoms with Gasteiger partial charge in [-0.1, -0.05) is 36.4 Å². The fourth-order valence-corrected chi connectivity index (χ4v) is 2.56. The van der Waals surface area contributed by atoms with Crippen molar-refractivity contribution >= 4 is 23.8 Å². The molecule has 0 saturated carbocycles. The number of esters is 3. The van der Waals surface area contributed by atoms with Crippen molar-refractivity contribution in [3.05, 3.63) is 71.8 Å². The number of carbonyl (C=O) groups is 4. The van der Waals surface area contributed by atoms with Gasteiger partial charge in [0.15, 0.2) is 0 Å². The Bertz CT molecular complexity index is 920. The average molecular weight is 427 g/mol. The molecule has 0 aliphatic rings. The van der Waals surface area contributed by atoms with E-state index < -0.39 is 41.6 Å². The van der Waals surface area contributed by atoms with Gasteiger partial charge in [-0.15, -0.1) is 0 Å². The molecule has 0 aliphatic heterocycles. The van der Waals surface area contributed by atoms with Gasteiger partial charge in [0.1, 0.15) is 0 Å². The van der Waals surface area contributed by atoms with Crippen LogP contribution in [-0.4, -0.2) is 48.7 Å². The van der Waals surface area contributed by atoms with E-state index in [-0.39, 0.29) is 11.1 Å². The second kappa shape index (κ2) is 10.4. The van der Waals surface area contributed by atoms with Crippen molar-refractivity contribution in [3.63, 3.8) is 0 Å². The maximum absolute atomic E-state index is 12.9. The summed E-state index contributed by atoms with van der Waals surface area (Å²) >= 11 is 0. The maximum Gasteiger partial charge on any atom is 0.351 e. The van der Waals surface area contributed by atoms with Crippen molar-refractivity contribution in [2.45, 2.75) is 38.5 Å². The van der Waals surface area contributed by atoms with Gasteiger partial charge < -0.3 is 19.5 Å². The fourth-order valence-electron chi connectivity index (χ4n) is 2.56. The molecule has 2 unspecified atom stereocenters. The number of ether oxygens (including phenoxy) is 3. The lowest BCUT2D eigenvalue weighted by Crippen LogP contribution is -2.54. The monoisotopic (exact) mass is 427 g/mol. The predicted molar refractivity (Wildman–Crippen MR) is 111 cm³/mol. The van der Waals surface area contributed by atoms with Crippen LogP contribution in [-0.2, 0) is 23.8 Å². The Balaban J connectivity index is 2.37. The summed E-state index contributed by atoms with van der Waals surface area (Å²) < 4.78 is 15.3. The quantitative estimate of drug-likeness (QED) is 0.534. The Kier molecular flexibility index (Phi) is 7.90. The van der Waals surface area contributed by atoms with Gasteiger partial charge in [0.25, 0.3) is 5.91 Å². The maximum atomic E-state index is 12.9. The van der Waals surface area contributed by atoms with E-state index in [1.54, 1.807) is 57.2 Å². The topological polar surface area (TPSA) is 108 Å². The normalized spacial score (nSPS) is 12.8. The fraction of sp³-hybridized carbons (Fsp3) is 0.304. The highest BCUT2D eigenvalue weighted by Crippen LogP contribution is 2.15. The SMILES string of the molecule is COC(=O)C(OC(=O)c1ccccc1)C(OC(=O)c1ccccc1)C(=O)NC(C)(C)C. The molecule has 1 amide bonds. The van der Waals surface area contributed by atoms with Gasteiger partial charge in [-0.2, -0.15) is 0 Å². The van der Waals surface area contributed by atoms with Crippen molar-refractivity contribution in [2.75, 3.05) is 7.11 Å². The van der Waals surface area contributed by atoms with Crippen LogP contribution in [0.1, 0.15) is 41.5 Å². The van der Waals surface area contributed by atoms with Crippen LogP contribution in [0.15, 0.2) is 60.7 Å². The Morgan fingerprint density at radius 1 is 0.742 bits per heavy atom. The highest BCUT2D eigenvalue weighted by Gasteiger charge is 2.42. The van der Waals surface area contributed by atoms with Crippen LogP contribution in [0.3, 0.4) is 0 Å². The molecule has 1 N–H and O–H groups in total. The Morgan fingerprint density at radius 2 is 1.16 bits per heavy atom. The Morgan fingerprint density at radius 3 is 1.55 bits per heavy atom. The van der Waals surface area contributed by atoms with Gasteiger partial charge in [0.2, 0.25) is 12.2 Å². The first kappa shape index (κ1) is 23.6. The molecule has 2 atom stereocenters. The van der Waals surface area contributed by atoms with Gasteiger partial charge >= 0.3 is 17.9 Å². The summed E-state index contributed by atoms with van der Waals surface area (Å²) in [5, 5.41) is 2.63. The summed E-state index contributed by atoms with van der Waals surface area (Å²) in [6.45, 7) is 5.14. The van der Waals surface area contributed by atoms with Gasteiger partial charge in [-0.05, 0) is 45.0 Å². The second-order valence-electron chi connectivity index (χ2n) is 7.65. The molecule has 164 valence electrons. The zero-order valence-corrected chi connectivity index (χ0v) is 17.8. The smallest absolute Gasteiger partial charge is 0.351 e. The minimum absolute atomic E-state index is 0.153. The first-order chi connectivity index (χ1) is 14.6. The van der Waals surface area contributed by atoms with Crippen molar-refractivity contribution in [3.8, 4) is 0 Å². The predicted octanol–water partition coefficient (Wildman–Crippen LogP) is 2.53. The van der Waals surface area contributed by atoms with Gasteiger partial charge in [0, 0.05) is 5.54 Å². The molecule has 2 aromatic rings. The Hall–Kier alpha value is -3.68. The summed E-state index contributed by atoms with van der Waals surface area (Å²) in [6.07, 6.45) is -3.58. The largest absolute Gasteiger partial charge is 0.466 e. The van der Waals surface area contributed by atoms with E-state index in [9.17, 15) is 19.2 Å². The van der Waals surface area contributed by atoms with E-state index in [1.807, 2.05) is 0 Å². The lowest BCUT2D eigenvalue weighted by atomic mass is 10.1. The number of hydrogen-bond donors (Lipinski definition) is 1. The summed E-state index contributed by atoms with van der Waals surface area (Å²) in [5.41, 5.74) is -0.395. The molecule has 2 aromatic carbocycles. The molecule has 0 aromatic heterocycles. The molecule has 0 saturated heterocycles. The third-order valence-electron chi connectivity index (χ3n) is 3.95. The highest BCUT2D eigenvalue weighted by atomic mass is 16.6. The van der Waals surface area contributed by atoms with Gasteiger partial charge in [0.05, 0.1) is 18.2 Å². The van der Waals surface area contributed by atoms with Crippen LogP contribution < -0.4 is 5.32 Å². The molecule has 8 nitrogen and oxygen atoms in total. The van der Waals surface area contributed by atoms with E-state index in [0.717, 1.165) is 7.11 Å². The Labute approximate surface area is 180 Å². The molecule has 0 aliphatic carbocycles. The number of rotatable bonds is 7. The number of benzene rings is 2. The standard InChI is InChI=1S/C23H25NO7/c1-23(2,3)24-19(25)17(30-20(26)15-11-7-5-8-12-15)18(22(28)29-4)31-21(27)16-13-9-6-10-14-16/h5-14,17-18H,1-4H3,(H,24,25). The summed E-state index contributed by atoms with van der Waals surface area (Å²) in [5.74, 6) is -3.59. The molecule has 0 spiro atoms. The van der Waals surface area contributed by atoms with Gasteiger partial charge in [-0.3, -0.25) is 4.79 Å². The van der Waals surface area contributed by atoms with E-state index >= 15 is 0 Å². The van der Waals surface area contributed by atoms with Crippen molar-refractivity contribution in [2.24, 2.45) is 0 Å². The lowest BCUT2D eigenvalue weighted by Gasteiger charge is -2.28. The summed E-state index contributed by atoms with van der Waals surface area (Å²) in [6, 6.07) is 15.8. The summed E-state index contributed by atoms with van der Waals surface area (Å²) in [7, 11) is 1.07. The average Bonchev–Trinajstić information content (AvgIpc) is 2.75. The van der Waals surface area contributed by atoms with Crippen LogP contribution in [0.5, 0.6) is 0 Å². The van der Waals surface area contributed by atoms with E-state index in [0.29, 0.717) is 0 Å². The zero-order valence-electron chi connectivity index (χ0n) is 17.8. The number of carbonyl (C=O) groups excluding carboxylic acids is 4. The number of nitrogens with one attached hydrogen (secondary N) is 1. The molecule has 31 heavy (non-hydrogen) atoms. The molecule has 0 radical (unpaired) electrons. The molecule has 2 rings (SSSR count). The van der Waals surface area contributed by atoms with E-state index in [2.05, 4.69) is 5.32 Å². The highest BCUT2D eigenvalue weighted by molar-refractivity contribution is 5.97. The minimum atomic E-state index is -1.81. The van der Waals surface area contributed by atoms with Crippen LogP contribution in [0.2, 0.25) is 0 Å².